The van der Waals surface area contributed by atoms with Crippen LogP contribution in [0.5, 0.6) is 0 Å². The van der Waals surface area contributed by atoms with Crippen molar-refractivity contribution in [2.45, 2.75) is 0 Å². The molecule has 1 amide bonds. The normalized spacial score (nSPS) is 14.0. The quantitative estimate of drug-likeness (QED) is 0.685. The number of hydrogen-bond donors (Lipinski definition) is 2. The van der Waals surface area contributed by atoms with Crippen molar-refractivity contribution in [1.29, 1.82) is 0 Å². The van der Waals surface area contributed by atoms with Gasteiger partial charge in [0.15, 0.2) is 5.11 Å². The third-order valence-electron chi connectivity index (χ3n) is 3.90. The molecule has 0 aromatic heterocycles. The van der Waals surface area contributed by atoms with Crippen LogP contribution in [0, 0.1) is 0 Å². The van der Waals surface area contributed by atoms with Crippen LogP contribution in [-0.4, -0.2) is 37.3 Å². The van der Waals surface area contributed by atoms with Crippen LogP contribution < -0.4 is 15.5 Å². The van der Waals surface area contributed by atoms with E-state index in [9.17, 15) is 4.79 Å². The Morgan fingerprint density at radius 1 is 1.19 bits per heavy atom. The Labute approximate surface area is 170 Å². The van der Waals surface area contributed by atoms with Gasteiger partial charge in [0.25, 0.3) is 5.91 Å². The molecular formula is C18H17BrClN3O2S. The Morgan fingerprint density at radius 3 is 2.62 bits per heavy atom. The minimum absolute atomic E-state index is 0.209. The van der Waals surface area contributed by atoms with E-state index in [1.807, 2.05) is 18.2 Å². The number of nitrogens with zero attached hydrogens (tertiary/aromatic N) is 1. The highest BCUT2D eigenvalue weighted by molar-refractivity contribution is 9.10. The van der Waals surface area contributed by atoms with Crippen LogP contribution in [0.3, 0.4) is 0 Å². The van der Waals surface area contributed by atoms with Gasteiger partial charge < -0.3 is 15.0 Å². The molecule has 1 aliphatic rings. The Morgan fingerprint density at radius 2 is 1.92 bits per heavy atom. The molecule has 0 aliphatic carbocycles. The molecule has 2 aromatic rings. The van der Waals surface area contributed by atoms with Gasteiger partial charge in [0.05, 0.1) is 29.5 Å². The van der Waals surface area contributed by atoms with Crippen molar-refractivity contribution in [2.24, 2.45) is 0 Å². The van der Waals surface area contributed by atoms with E-state index in [-0.39, 0.29) is 11.0 Å². The van der Waals surface area contributed by atoms with E-state index in [0.29, 0.717) is 34.0 Å². The maximum atomic E-state index is 12.3. The molecule has 0 unspecified atom stereocenters. The first-order valence-corrected chi connectivity index (χ1v) is 9.61. The number of carbonyl (C=O) groups excluding carboxylic acids is 1. The number of rotatable bonds is 3. The van der Waals surface area contributed by atoms with Crippen molar-refractivity contribution < 1.29 is 9.53 Å². The SMILES string of the molecule is O=C(NC(=S)Nc1ccc(N2CCOCC2)c(Cl)c1)c1ccccc1Br. The van der Waals surface area contributed by atoms with Crippen LogP contribution in [0.1, 0.15) is 10.4 Å². The minimum atomic E-state index is -0.286. The Kier molecular flexibility index (Phi) is 6.48. The third-order valence-corrected chi connectivity index (χ3v) is 5.10. The number of morpholine rings is 1. The fourth-order valence-electron chi connectivity index (χ4n) is 2.62. The zero-order chi connectivity index (χ0) is 18.5. The molecule has 3 rings (SSSR count). The first-order valence-electron chi connectivity index (χ1n) is 8.04. The number of ether oxygens (including phenoxy) is 1. The van der Waals surface area contributed by atoms with E-state index in [2.05, 4.69) is 31.5 Å². The minimum Gasteiger partial charge on any atom is -0.378 e. The molecule has 0 saturated carbocycles. The molecule has 1 saturated heterocycles. The van der Waals surface area contributed by atoms with Crippen LogP contribution in [0.4, 0.5) is 11.4 Å². The molecule has 5 nitrogen and oxygen atoms in total. The second-order valence-corrected chi connectivity index (χ2v) is 7.32. The van der Waals surface area contributed by atoms with Gasteiger partial charge in [-0.25, -0.2) is 0 Å². The van der Waals surface area contributed by atoms with Gasteiger partial charge in [-0.15, -0.1) is 0 Å². The highest BCUT2D eigenvalue weighted by atomic mass is 79.9. The third kappa shape index (κ3) is 4.73. The lowest BCUT2D eigenvalue weighted by Crippen LogP contribution is -2.36. The average Bonchev–Trinajstić information content (AvgIpc) is 2.62. The first kappa shape index (κ1) is 19.1. The highest BCUT2D eigenvalue weighted by Crippen LogP contribution is 2.29. The summed E-state index contributed by atoms with van der Waals surface area (Å²) in [6.45, 7) is 3.02. The Balaban J connectivity index is 1.63. The fraction of sp³-hybridized carbons (Fsp3) is 0.222. The van der Waals surface area contributed by atoms with Crippen LogP contribution in [0.25, 0.3) is 0 Å². The monoisotopic (exact) mass is 453 g/mol. The second-order valence-electron chi connectivity index (χ2n) is 5.65. The summed E-state index contributed by atoms with van der Waals surface area (Å²) >= 11 is 15.0. The largest absolute Gasteiger partial charge is 0.378 e. The number of halogens is 2. The Bertz CT molecular complexity index is 828. The van der Waals surface area contributed by atoms with E-state index >= 15 is 0 Å². The van der Waals surface area contributed by atoms with Crippen molar-refractivity contribution in [2.75, 3.05) is 36.5 Å². The summed E-state index contributed by atoms with van der Waals surface area (Å²) in [5.74, 6) is -0.286. The number of hydrogen-bond acceptors (Lipinski definition) is 4. The fourth-order valence-corrected chi connectivity index (χ4v) is 3.60. The average molecular weight is 455 g/mol. The predicted octanol–water partition coefficient (Wildman–Crippen LogP) is 4.07. The van der Waals surface area contributed by atoms with Crippen molar-refractivity contribution >= 4 is 62.1 Å². The summed E-state index contributed by atoms with van der Waals surface area (Å²) in [6.07, 6.45) is 0. The van der Waals surface area contributed by atoms with Gasteiger partial charge in [-0.3, -0.25) is 10.1 Å². The van der Waals surface area contributed by atoms with Gasteiger partial charge in [-0.1, -0.05) is 23.7 Å². The zero-order valence-electron chi connectivity index (χ0n) is 13.8. The summed E-state index contributed by atoms with van der Waals surface area (Å²) in [5, 5.41) is 6.49. The molecule has 26 heavy (non-hydrogen) atoms. The lowest BCUT2D eigenvalue weighted by atomic mass is 10.2. The first-order chi connectivity index (χ1) is 12.5. The molecule has 2 aromatic carbocycles. The van der Waals surface area contributed by atoms with Crippen molar-refractivity contribution in [3.8, 4) is 0 Å². The van der Waals surface area contributed by atoms with Gasteiger partial charge in [-0.2, -0.15) is 0 Å². The summed E-state index contributed by atoms with van der Waals surface area (Å²) in [4.78, 5) is 14.5. The lowest BCUT2D eigenvalue weighted by molar-refractivity contribution is 0.0977. The van der Waals surface area contributed by atoms with Gasteiger partial charge in [0.2, 0.25) is 0 Å². The molecule has 136 valence electrons. The van der Waals surface area contributed by atoms with Crippen LogP contribution in [0.2, 0.25) is 5.02 Å². The highest BCUT2D eigenvalue weighted by Gasteiger charge is 2.15. The molecule has 0 radical (unpaired) electrons. The zero-order valence-corrected chi connectivity index (χ0v) is 17.0. The van der Waals surface area contributed by atoms with Gasteiger partial charge in [-0.05, 0) is 58.5 Å². The summed E-state index contributed by atoms with van der Waals surface area (Å²) in [7, 11) is 0. The molecule has 0 bridgehead atoms. The molecule has 1 fully saturated rings. The number of benzene rings is 2. The van der Waals surface area contributed by atoms with Crippen molar-refractivity contribution in [3.63, 3.8) is 0 Å². The van der Waals surface area contributed by atoms with E-state index in [1.165, 1.54) is 0 Å². The molecule has 1 heterocycles. The van der Waals surface area contributed by atoms with Crippen LogP contribution in [0.15, 0.2) is 46.9 Å². The smallest absolute Gasteiger partial charge is 0.258 e. The van der Waals surface area contributed by atoms with Crippen molar-refractivity contribution in [1.82, 2.24) is 5.32 Å². The summed E-state index contributed by atoms with van der Waals surface area (Å²) in [5.41, 5.74) is 2.19. The van der Waals surface area contributed by atoms with Crippen molar-refractivity contribution in [3.05, 3.63) is 57.5 Å². The predicted molar refractivity (Wildman–Crippen MR) is 112 cm³/mol. The Hall–Kier alpha value is -1.67. The van der Waals surface area contributed by atoms with E-state index in [4.69, 9.17) is 28.6 Å². The van der Waals surface area contributed by atoms with Gasteiger partial charge in [0, 0.05) is 23.2 Å². The van der Waals surface area contributed by atoms with E-state index in [1.54, 1.807) is 24.3 Å². The molecule has 8 heteroatoms. The molecule has 0 spiro atoms. The number of amides is 1. The second kappa shape index (κ2) is 8.81. The van der Waals surface area contributed by atoms with Gasteiger partial charge >= 0.3 is 0 Å². The maximum absolute atomic E-state index is 12.3. The topological polar surface area (TPSA) is 53.6 Å². The molecular weight excluding hydrogens is 438 g/mol. The van der Waals surface area contributed by atoms with Gasteiger partial charge in [0.1, 0.15) is 0 Å². The summed E-state index contributed by atoms with van der Waals surface area (Å²) in [6, 6.07) is 12.8. The number of carbonyl (C=O) groups is 1. The lowest BCUT2D eigenvalue weighted by Gasteiger charge is -2.29. The summed E-state index contributed by atoms with van der Waals surface area (Å²) < 4.78 is 6.07. The van der Waals surface area contributed by atoms with E-state index < -0.39 is 0 Å². The molecule has 2 N–H and O–H groups in total. The standard InChI is InChI=1S/C18H17BrClN3O2S/c19-14-4-2-1-3-13(14)17(24)22-18(26)21-12-5-6-16(15(20)11-12)23-7-9-25-10-8-23/h1-6,11H,7-10H2,(H2,21,22,24,26). The van der Waals surface area contributed by atoms with Crippen LogP contribution >= 0.6 is 39.7 Å². The number of nitrogens with one attached hydrogen (secondary N) is 2. The number of anilines is 2. The molecule has 0 atom stereocenters. The van der Waals surface area contributed by atoms with Crippen LogP contribution in [-0.2, 0) is 4.74 Å². The van der Waals surface area contributed by atoms with E-state index in [0.717, 1.165) is 18.8 Å². The molecule has 1 aliphatic heterocycles. The number of thiocarbonyl (C=S) groups is 1. The maximum Gasteiger partial charge on any atom is 0.258 e.